The van der Waals surface area contributed by atoms with E-state index in [-0.39, 0.29) is 28.3 Å². The summed E-state index contributed by atoms with van der Waals surface area (Å²) in [4.78, 5) is 13.2. The number of aliphatic hydroxyl groups is 1. The molecule has 0 heterocycles. The fourth-order valence-electron chi connectivity index (χ4n) is 7.52. The van der Waals surface area contributed by atoms with E-state index >= 15 is 0 Å². The molecule has 5 aliphatic carbocycles. The number of carbonyl (C=O) groups is 1. The Kier molecular flexibility index (Phi) is 2.86. The van der Waals surface area contributed by atoms with E-state index in [0.717, 1.165) is 19.3 Å². The highest BCUT2D eigenvalue weighted by molar-refractivity contribution is 5.90. The molecule has 5 aliphatic rings. The molecule has 5 saturated carbocycles. The Labute approximate surface area is 133 Å². The maximum atomic E-state index is 13.2. The van der Waals surface area contributed by atoms with E-state index in [0.29, 0.717) is 30.0 Å². The van der Waals surface area contributed by atoms with Crippen molar-refractivity contribution in [3.05, 3.63) is 0 Å². The van der Waals surface area contributed by atoms with Crippen LogP contribution in [0.5, 0.6) is 0 Å². The first kappa shape index (κ1) is 15.1. The summed E-state index contributed by atoms with van der Waals surface area (Å²) in [6, 6.07) is 0. The third-order valence-corrected chi connectivity index (χ3v) is 8.96. The van der Waals surface area contributed by atoms with Gasteiger partial charge in [-0.2, -0.15) is 0 Å². The summed E-state index contributed by atoms with van der Waals surface area (Å²) < 4.78 is 5.97. The topological polar surface area (TPSA) is 46.5 Å². The lowest BCUT2D eigenvalue weighted by Gasteiger charge is -2.65. The number of carbonyl (C=O) groups excluding carboxylic acids is 1. The lowest BCUT2D eigenvalue weighted by Crippen LogP contribution is -2.65. The summed E-state index contributed by atoms with van der Waals surface area (Å²) in [6.07, 6.45) is 3.74. The number of methoxy groups -OCH3 is 1. The average molecular weight is 306 g/mol. The third kappa shape index (κ3) is 1.25. The molecule has 0 aliphatic heterocycles. The molecular weight excluding hydrogens is 276 g/mol. The Bertz CT molecular complexity index is 531. The zero-order valence-corrected chi connectivity index (χ0v) is 14.6. The Morgan fingerprint density at radius 3 is 2.59 bits per heavy atom. The molecule has 5 rings (SSSR count). The largest absolute Gasteiger partial charge is 0.393 e. The molecule has 0 saturated heterocycles. The SMILES string of the molecule is CO[C@@H]1C2CC34CC[C@@H](C)[C@](C)(C13)[C@H](O)C[C@H](C)C(=O)C24C. The van der Waals surface area contributed by atoms with Crippen molar-refractivity contribution in [3.8, 4) is 0 Å². The van der Waals surface area contributed by atoms with Gasteiger partial charge in [-0.05, 0) is 42.9 Å². The predicted molar refractivity (Wildman–Crippen MR) is 84.2 cm³/mol. The third-order valence-electron chi connectivity index (χ3n) is 8.96. The first-order valence-corrected chi connectivity index (χ1v) is 9.00. The zero-order chi connectivity index (χ0) is 16.1. The van der Waals surface area contributed by atoms with Crippen molar-refractivity contribution >= 4 is 5.78 Å². The minimum atomic E-state index is -0.398. The Morgan fingerprint density at radius 2 is 1.95 bits per heavy atom. The molecule has 124 valence electrons. The van der Waals surface area contributed by atoms with Gasteiger partial charge in [0.1, 0.15) is 5.78 Å². The van der Waals surface area contributed by atoms with Gasteiger partial charge >= 0.3 is 0 Å². The van der Waals surface area contributed by atoms with Gasteiger partial charge < -0.3 is 9.84 Å². The fourth-order valence-corrected chi connectivity index (χ4v) is 7.52. The molecular formula is C19H30O3. The van der Waals surface area contributed by atoms with Crippen molar-refractivity contribution in [1.82, 2.24) is 0 Å². The van der Waals surface area contributed by atoms with Crippen molar-refractivity contribution in [2.24, 2.45) is 39.9 Å². The van der Waals surface area contributed by atoms with Gasteiger partial charge in [0.15, 0.2) is 0 Å². The van der Waals surface area contributed by atoms with E-state index in [4.69, 9.17) is 4.74 Å². The Morgan fingerprint density at radius 1 is 1.27 bits per heavy atom. The molecule has 0 amide bonds. The summed E-state index contributed by atoms with van der Waals surface area (Å²) in [7, 11) is 1.80. The molecule has 1 N–H and O–H groups in total. The van der Waals surface area contributed by atoms with E-state index in [1.165, 1.54) is 0 Å². The molecule has 3 heteroatoms. The Hall–Kier alpha value is -0.410. The number of aliphatic hydroxyl groups excluding tert-OH is 1. The first-order chi connectivity index (χ1) is 10.2. The standard InChI is InChI=1S/C19H30O3/c1-10-8-13(20)17(3)11(2)6-7-19-9-12(14(22-5)15(17)19)18(19,4)16(10)21/h10-15,20H,6-9H2,1-5H3/t10-,11+,12?,13+,14+,15?,17-,18?,19?/m0/s1. The maximum absolute atomic E-state index is 13.2. The molecule has 3 nitrogen and oxygen atoms in total. The summed E-state index contributed by atoms with van der Waals surface area (Å²) in [5.74, 6) is 1.52. The predicted octanol–water partition coefficient (Wildman–Crippen LogP) is 3.05. The van der Waals surface area contributed by atoms with Crippen LogP contribution in [0.3, 0.4) is 0 Å². The van der Waals surface area contributed by atoms with Crippen molar-refractivity contribution in [1.29, 1.82) is 0 Å². The van der Waals surface area contributed by atoms with Gasteiger partial charge in [-0.15, -0.1) is 0 Å². The molecule has 5 fully saturated rings. The van der Waals surface area contributed by atoms with Gasteiger partial charge in [-0.25, -0.2) is 0 Å². The molecule has 0 aromatic rings. The number of Topliss-reactive ketones (excluding diaryl/α,β-unsaturated/α-hetero) is 1. The summed E-state index contributed by atoms with van der Waals surface area (Å²) in [5.41, 5.74) is -0.272. The van der Waals surface area contributed by atoms with Gasteiger partial charge in [0.2, 0.25) is 0 Å². The van der Waals surface area contributed by atoms with Crippen LogP contribution in [0.4, 0.5) is 0 Å². The van der Waals surface area contributed by atoms with Crippen molar-refractivity contribution in [2.75, 3.05) is 7.11 Å². The van der Waals surface area contributed by atoms with Gasteiger partial charge in [-0.3, -0.25) is 4.79 Å². The van der Waals surface area contributed by atoms with Gasteiger partial charge in [-0.1, -0.05) is 27.7 Å². The van der Waals surface area contributed by atoms with Gasteiger partial charge in [0.25, 0.3) is 0 Å². The molecule has 0 aromatic heterocycles. The number of ether oxygens (including phenoxy) is 1. The normalized spacial score (nSPS) is 63.1. The fraction of sp³-hybridized carbons (Fsp3) is 0.947. The zero-order valence-electron chi connectivity index (χ0n) is 14.6. The number of rotatable bonds is 1. The van der Waals surface area contributed by atoms with Gasteiger partial charge in [0, 0.05) is 29.8 Å². The highest BCUT2D eigenvalue weighted by Crippen LogP contribution is 2.82. The van der Waals surface area contributed by atoms with E-state index in [1.807, 2.05) is 6.92 Å². The summed E-state index contributed by atoms with van der Waals surface area (Å²) in [5, 5.41) is 11.1. The first-order valence-electron chi connectivity index (χ1n) is 9.00. The highest BCUT2D eigenvalue weighted by Gasteiger charge is 2.83. The number of hydrogen-bond acceptors (Lipinski definition) is 3. The van der Waals surface area contributed by atoms with Crippen molar-refractivity contribution < 1.29 is 14.6 Å². The maximum Gasteiger partial charge on any atom is 0.142 e. The lowest BCUT2D eigenvalue weighted by molar-refractivity contribution is -0.204. The molecule has 9 atom stereocenters. The van der Waals surface area contributed by atoms with E-state index in [1.54, 1.807) is 7.11 Å². The Balaban J connectivity index is 1.95. The van der Waals surface area contributed by atoms with Gasteiger partial charge in [0.05, 0.1) is 12.2 Å². The average Bonchev–Trinajstić information content (AvgIpc) is 2.96. The van der Waals surface area contributed by atoms with Crippen LogP contribution < -0.4 is 0 Å². The summed E-state index contributed by atoms with van der Waals surface area (Å²) >= 11 is 0. The number of ketones is 1. The van der Waals surface area contributed by atoms with Crippen LogP contribution in [0.25, 0.3) is 0 Å². The van der Waals surface area contributed by atoms with Crippen molar-refractivity contribution in [2.45, 2.75) is 65.6 Å². The van der Waals surface area contributed by atoms with Crippen LogP contribution in [0.15, 0.2) is 0 Å². The summed E-state index contributed by atoms with van der Waals surface area (Å²) in [6.45, 7) is 8.82. The van der Waals surface area contributed by atoms with Crippen LogP contribution in [0.1, 0.15) is 53.4 Å². The molecule has 5 bridgehead atoms. The molecule has 22 heavy (non-hydrogen) atoms. The van der Waals surface area contributed by atoms with Crippen LogP contribution in [-0.2, 0) is 9.53 Å². The van der Waals surface area contributed by atoms with E-state index in [9.17, 15) is 9.90 Å². The second-order valence-corrected chi connectivity index (χ2v) is 9.17. The lowest BCUT2D eigenvalue weighted by atomic mass is 9.38. The van der Waals surface area contributed by atoms with Crippen LogP contribution in [0, 0.1) is 39.9 Å². The van der Waals surface area contributed by atoms with Crippen LogP contribution >= 0.6 is 0 Å². The molecule has 1 spiro atoms. The van der Waals surface area contributed by atoms with E-state index in [2.05, 4.69) is 20.8 Å². The smallest absolute Gasteiger partial charge is 0.142 e. The molecule has 0 radical (unpaired) electrons. The monoisotopic (exact) mass is 306 g/mol. The quantitative estimate of drug-likeness (QED) is 0.810. The molecule has 4 unspecified atom stereocenters. The number of hydrogen-bond donors (Lipinski definition) is 1. The second-order valence-electron chi connectivity index (χ2n) is 9.17. The van der Waals surface area contributed by atoms with E-state index < -0.39 is 6.10 Å². The molecule has 0 aromatic carbocycles. The second kappa shape index (κ2) is 4.16. The van der Waals surface area contributed by atoms with Crippen molar-refractivity contribution in [3.63, 3.8) is 0 Å². The highest BCUT2D eigenvalue weighted by atomic mass is 16.5. The minimum Gasteiger partial charge on any atom is -0.393 e. The van der Waals surface area contributed by atoms with Crippen LogP contribution in [-0.4, -0.2) is 30.2 Å². The van der Waals surface area contributed by atoms with Crippen LogP contribution in [0.2, 0.25) is 0 Å². The minimum absolute atomic E-state index is 0.0386.